The number of nitrogens with two attached hydrogens (primary N) is 1. The van der Waals surface area contributed by atoms with Crippen LogP contribution in [-0.2, 0) is 23.8 Å². The summed E-state index contributed by atoms with van der Waals surface area (Å²) < 4.78 is 24.9. The van der Waals surface area contributed by atoms with E-state index in [1.807, 2.05) is 32.2 Å². The van der Waals surface area contributed by atoms with Gasteiger partial charge in [-0.1, -0.05) is 12.1 Å². The molecule has 4 rings (SSSR count). The lowest BCUT2D eigenvalue weighted by atomic mass is 10.00. The second-order valence-corrected chi connectivity index (χ2v) is 9.69. The van der Waals surface area contributed by atoms with Gasteiger partial charge in [-0.05, 0) is 67.4 Å². The van der Waals surface area contributed by atoms with Gasteiger partial charge in [-0.3, -0.25) is 4.90 Å². The van der Waals surface area contributed by atoms with Crippen molar-refractivity contribution in [1.82, 2.24) is 15.1 Å². The van der Waals surface area contributed by atoms with Crippen molar-refractivity contribution in [3.63, 3.8) is 0 Å². The van der Waals surface area contributed by atoms with Gasteiger partial charge in [0.2, 0.25) is 0 Å². The van der Waals surface area contributed by atoms with Gasteiger partial charge in [0.05, 0.1) is 11.4 Å². The first kappa shape index (κ1) is 21.4. The summed E-state index contributed by atoms with van der Waals surface area (Å²) >= 11 is 0. The van der Waals surface area contributed by atoms with Crippen molar-refractivity contribution >= 4 is 22.2 Å². The van der Waals surface area contributed by atoms with Gasteiger partial charge in [0.1, 0.15) is 11.9 Å². The van der Waals surface area contributed by atoms with E-state index in [4.69, 9.17) is 14.8 Å². The molecule has 8 heteroatoms. The number of halogens is 1. The minimum absolute atomic E-state index is 0.0805. The Morgan fingerprint density at radius 1 is 1.10 bits per heavy atom. The third-order valence-electron chi connectivity index (χ3n) is 5.17. The molecule has 3 aromatic rings. The summed E-state index contributed by atoms with van der Waals surface area (Å²) in [6.07, 6.45) is 3.74. The maximum absolute atomic E-state index is 14.0. The van der Waals surface area contributed by atoms with E-state index in [-0.39, 0.29) is 22.3 Å². The summed E-state index contributed by atoms with van der Waals surface area (Å²) in [5, 5.41) is 8.47. The van der Waals surface area contributed by atoms with Crippen LogP contribution in [0.15, 0.2) is 46.8 Å². The molecule has 162 valence electrons. The summed E-state index contributed by atoms with van der Waals surface area (Å²) in [4.78, 5) is 2.19. The minimum Gasteiger partial charge on any atom is -0.482 e. The van der Waals surface area contributed by atoms with Gasteiger partial charge >= 0.3 is 0 Å². The molecule has 1 unspecified atom stereocenters. The Bertz CT molecular complexity index is 1160. The van der Waals surface area contributed by atoms with E-state index in [1.165, 1.54) is 12.1 Å². The molecular weight excluding hydrogens is 413 g/mol. The molecule has 0 aliphatic carbocycles. The number of ether oxygens (including phenoxy) is 1. The van der Waals surface area contributed by atoms with E-state index in [9.17, 15) is 4.39 Å². The van der Waals surface area contributed by atoms with E-state index in [1.54, 1.807) is 6.07 Å². The molecule has 2 aromatic carbocycles. The molecule has 6 nitrogen and oxygen atoms in total. The number of hydrogen-bond acceptors (Lipinski definition) is 6. The quantitative estimate of drug-likeness (QED) is 0.598. The molecule has 1 aromatic heterocycles. The standard InChI is InChI=1S/C23H26FN5OS/c1-14-19-9-17(24)7-5-15(19)12-29(2)13-16-6-8-18(28-31(3)4)10-20(16)21-11-22(30-14)23(25)27-26-21/h5-11,14H,12-13H2,1-4H3,(H2,25,27). The molecular formula is C23H26FN5OS. The molecule has 0 amide bonds. The molecule has 0 fully saturated rings. The highest BCUT2D eigenvalue weighted by molar-refractivity contribution is 7.85. The van der Waals surface area contributed by atoms with Crippen LogP contribution in [0.25, 0.3) is 11.3 Å². The Hall–Kier alpha value is -2.84. The highest BCUT2D eigenvalue weighted by Gasteiger charge is 2.20. The Kier molecular flexibility index (Phi) is 6.02. The fourth-order valence-corrected chi connectivity index (χ4v) is 4.33. The van der Waals surface area contributed by atoms with E-state index in [0.717, 1.165) is 27.9 Å². The summed E-state index contributed by atoms with van der Waals surface area (Å²) in [6, 6.07) is 12.8. The molecule has 1 atom stereocenters. The van der Waals surface area contributed by atoms with Gasteiger partial charge in [0, 0.05) is 24.7 Å². The summed E-state index contributed by atoms with van der Waals surface area (Å²) in [6.45, 7) is 3.22. The lowest BCUT2D eigenvalue weighted by Gasteiger charge is -2.25. The van der Waals surface area contributed by atoms with Crippen molar-refractivity contribution in [3.05, 3.63) is 65.0 Å². The van der Waals surface area contributed by atoms with Crippen molar-refractivity contribution < 1.29 is 9.13 Å². The highest BCUT2D eigenvalue weighted by atomic mass is 32.2. The van der Waals surface area contributed by atoms with Crippen molar-refractivity contribution in [2.24, 2.45) is 4.36 Å². The van der Waals surface area contributed by atoms with Gasteiger partial charge in [0.15, 0.2) is 11.6 Å². The second-order valence-electron chi connectivity index (χ2n) is 7.96. The lowest BCUT2D eigenvalue weighted by Crippen LogP contribution is -2.20. The first-order chi connectivity index (χ1) is 14.8. The number of anilines is 1. The van der Waals surface area contributed by atoms with Crippen LogP contribution in [0.5, 0.6) is 5.75 Å². The number of nitrogen functional groups attached to an aromatic ring is 1. The van der Waals surface area contributed by atoms with E-state index < -0.39 is 6.10 Å². The third kappa shape index (κ3) is 4.75. The third-order valence-corrected chi connectivity index (χ3v) is 5.75. The summed E-state index contributed by atoms with van der Waals surface area (Å²) in [7, 11) is 1.96. The molecule has 0 saturated carbocycles. The number of aromatic nitrogens is 2. The SMILES string of the molecule is CC1Oc2cc(nnc2N)-c2cc(N=S(C)C)ccc2CN(C)Cc2ccc(F)cc21. The molecule has 1 aliphatic rings. The van der Waals surface area contributed by atoms with Gasteiger partial charge in [-0.15, -0.1) is 20.9 Å². The van der Waals surface area contributed by atoms with Crippen molar-refractivity contribution in [2.75, 3.05) is 25.3 Å². The molecule has 2 bridgehead atoms. The second kappa shape index (κ2) is 8.72. The van der Waals surface area contributed by atoms with Gasteiger partial charge in [0.25, 0.3) is 0 Å². The lowest BCUT2D eigenvalue weighted by molar-refractivity contribution is 0.222. The predicted octanol–water partition coefficient (Wildman–Crippen LogP) is 4.64. The largest absolute Gasteiger partial charge is 0.482 e. The number of fused-ring (bicyclic) bond motifs is 5. The fraction of sp³-hybridized carbons (Fsp3) is 0.304. The fourth-order valence-electron chi connectivity index (χ4n) is 3.80. The zero-order valence-corrected chi connectivity index (χ0v) is 18.9. The van der Waals surface area contributed by atoms with Gasteiger partial charge in [-0.25, -0.2) is 8.75 Å². The number of rotatable bonds is 1. The van der Waals surface area contributed by atoms with Crippen LogP contribution < -0.4 is 10.5 Å². The zero-order chi connectivity index (χ0) is 22.1. The molecule has 0 saturated heterocycles. The van der Waals surface area contributed by atoms with Crippen LogP contribution in [0, 0.1) is 5.82 Å². The monoisotopic (exact) mass is 439 g/mol. The number of hydrogen-bond donors (Lipinski definition) is 1. The van der Waals surface area contributed by atoms with Crippen LogP contribution in [-0.4, -0.2) is 34.7 Å². The smallest absolute Gasteiger partial charge is 0.188 e. The summed E-state index contributed by atoms with van der Waals surface area (Å²) in [5.74, 6) is 0.340. The van der Waals surface area contributed by atoms with Crippen LogP contribution in [0.3, 0.4) is 0 Å². The minimum atomic E-state index is -0.402. The van der Waals surface area contributed by atoms with Crippen LogP contribution in [0.4, 0.5) is 15.9 Å². The average molecular weight is 440 g/mol. The van der Waals surface area contributed by atoms with Crippen molar-refractivity contribution in [2.45, 2.75) is 26.1 Å². The maximum Gasteiger partial charge on any atom is 0.188 e. The summed E-state index contributed by atoms with van der Waals surface area (Å²) in [5.41, 5.74) is 11.5. The Morgan fingerprint density at radius 3 is 2.61 bits per heavy atom. The Balaban J connectivity index is 1.89. The molecule has 2 N–H and O–H groups in total. The van der Waals surface area contributed by atoms with Crippen LogP contribution in [0.2, 0.25) is 0 Å². The van der Waals surface area contributed by atoms with Crippen molar-refractivity contribution in [1.29, 1.82) is 0 Å². The first-order valence-corrected chi connectivity index (χ1v) is 12.0. The van der Waals surface area contributed by atoms with E-state index in [0.29, 0.717) is 24.5 Å². The normalized spacial score (nSPS) is 16.5. The predicted molar refractivity (Wildman–Crippen MR) is 124 cm³/mol. The van der Waals surface area contributed by atoms with Crippen LogP contribution >= 0.6 is 0 Å². The van der Waals surface area contributed by atoms with E-state index in [2.05, 4.69) is 33.7 Å². The van der Waals surface area contributed by atoms with Crippen LogP contribution in [0.1, 0.15) is 29.7 Å². The Labute approximate surface area is 184 Å². The molecule has 0 spiro atoms. The highest BCUT2D eigenvalue weighted by Crippen LogP contribution is 2.35. The Morgan fingerprint density at radius 2 is 1.84 bits per heavy atom. The number of benzene rings is 2. The topological polar surface area (TPSA) is 76.6 Å². The number of nitrogens with zero attached hydrogens (tertiary/aromatic N) is 4. The molecule has 2 heterocycles. The van der Waals surface area contributed by atoms with Gasteiger partial charge in [-0.2, -0.15) is 0 Å². The van der Waals surface area contributed by atoms with Crippen molar-refractivity contribution in [3.8, 4) is 17.0 Å². The molecule has 0 radical (unpaired) electrons. The average Bonchev–Trinajstić information content (AvgIpc) is 2.71. The maximum atomic E-state index is 14.0. The van der Waals surface area contributed by atoms with Gasteiger partial charge < -0.3 is 10.5 Å². The molecule has 1 aliphatic heterocycles. The zero-order valence-electron chi connectivity index (χ0n) is 18.1. The van der Waals surface area contributed by atoms with E-state index >= 15 is 0 Å². The first-order valence-electron chi connectivity index (χ1n) is 9.99. The molecule has 31 heavy (non-hydrogen) atoms.